The normalized spacial score (nSPS) is 14.4. The van der Waals surface area contributed by atoms with Gasteiger partial charge in [-0.15, -0.1) is 0 Å². The summed E-state index contributed by atoms with van der Waals surface area (Å²) in [6, 6.07) is 0.872. The first-order valence-corrected chi connectivity index (χ1v) is 6.33. The Hall–Kier alpha value is -0.0400. The van der Waals surface area contributed by atoms with Crippen molar-refractivity contribution < 1.29 is 4.48 Å². The van der Waals surface area contributed by atoms with Crippen molar-refractivity contribution in [2.75, 3.05) is 21.1 Å². The molecule has 0 radical (unpaired) electrons. The van der Waals surface area contributed by atoms with E-state index in [0.29, 0.717) is 0 Å². The van der Waals surface area contributed by atoms with E-state index in [4.69, 9.17) is 0 Å². The first-order chi connectivity index (χ1) is 6.52. The van der Waals surface area contributed by atoms with Crippen LogP contribution in [0.15, 0.2) is 0 Å². The molecule has 0 rings (SSSR count). The fraction of sp³-hybridized carbons (Fsp3) is 1.00. The van der Waals surface area contributed by atoms with Crippen LogP contribution in [0.4, 0.5) is 0 Å². The molecule has 0 aromatic carbocycles. The highest BCUT2D eigenvalue weighted by Crippen LogP contribution is 2.17. The second kappa shape index (κ2) is 7.28. The molecule has 0 spiro atoms. The highest BCUT2D eigenvalue weighted by atomic mass is 15.3. The van der Waals surface area contributed by atoms with Crippen LogP contribution >= 0.6 is 0 Å². The van der Waals surface area contributed by atoms with Crippen molar-refractivity contribution in [3.63, 3.8) is 0 Å². The van der Waals surface area contributed by atoms with E-state index >= 15 is 0 Å². The summed E-state index contributed by atoms with van der Waals surface area (Å²) in [6.07, 6.45) is 9.74. The van der Waals surface area contributed by atoms with Gasteiger partial charge in [0.05, 0.1) is 27.2 Å². The van der Waals surface area contributed by atoms with Gasteiger partial charge in [-0.2, -0.15) is 0 Å². The van der Waals surface area contributed by atoms with Gasteiger partial charge in [0.1, 0.15) is 0 Å². The van der Waals surface area contributed by atoms with E-state index in [0.717, 1.165) is 10.5 Å². The number of quaternary nitrogens is 1. The molecule has 0 saturated carbocycles. The van der Waals surface area contributed by atoms with Gasteiger partial charge in [0.15, 0.2) is 0 Å². The number of nitrogens with zero attached hydrogens (tertiary/aromatic N) is 1. The minimum atomic E-state index is 0.872. The summed E-state index contributed by atoms with van der Waals surface area (Å²) in [5, 5.41) is 0. The zero-order chi connectivity index (χ0) is 11.0. The molecule has 0 heterocycles. The van der Waals surface area contributed by atoms with Gasteiger partial charge in [0, 0.05) is 0 Å². The Labute approximate surface area is 91.1 Å². The number of unbranched alkanes of at least 4 members (excludes halogenated alkanes) is 3. The van der Waals surface area contributed by atoms with Gasteiger partial charge in [-0.1, -0.05) is 39.5 Å². The quantitative estimate of drug-likeness (QED) is 0.412. The summed E-state index contributed by atoms with van der Waals surface area (Å²) >= 11 is 0. The number of hydrogen-bond donors (Lipinski definition) is 0. The van der Waals surface area contributed by atoms with Crippen LogP contribution in [0, 0.1) is 0 Å². The zero-order valence-corrected chi connectivity index (χ0v) is 11.0. The molecule has 0 N–H and O–H groups in total. The lowest BCUT2D eigenvalue weighted by Crippen LogP contribution is -2.44. The Morgan fingerprint density at radius 3 is 1.86 bits per heavy atom. The highest BCUT2D eigenvalue weighted by Gasteiger charge is 2.21. The molecule has 1 atom stereocenters. The largest absolute Gasteiger partial charge is 0.328 e. The third kappa shape index (κ3) is 6.42. The second-order valence-electron chi connectivity index (χ2n) is 5.41. The number of rotatable bonds is 8. The molecule has 0 fully saturated rings. The maximum Gasteiger partial charge on any atom is 0.0884 e. The van der Waals surface area contributed by atoms with E-state index in [1.165, 1.54) is 44.9 Å². The summed E-state index contributed by atoms with van der Waals surface area (Å²) in [5.74, 6) is 0. The van der Waals surface area contributed by atoms with Crippen molar-refractivity contribution in [1.82, 2.24) is 0 Å². The first kappa shape index (κ1) is 14.0. The van der Waals surface area contributed by atoms with Gasteiger partial charge in [0.25, 0.3) is 0 Å². The maximum atomic E-state index is 2.33. The van der Waals surface area contributed by atoms with Gasteiger partial charge in [-0.25, -0.2) is 0 Å². The SMILES string of the molecule is CCCCCCC(CCC)[N+](C)(C)C. The van der Waals surface area contributed by atoms with Crippen LogP contribution in [-0.2, 0) is 0 Å². The molecule has 1 nitrogen and oxygen atoms in total. The molecule has 0 aliphatic heterocycles. The molecule has 0 bridgehead atoms. The van der Waals surface area contributed by atoms with Crippen LogP contribution in [-0.4, -0.2) is 31.7 Å². The van der Waals surface area contributed by atoms with Crippen molar-refractivity contribution in [3.8, 4) is 0 Å². The lowest BCUT2D eigenvalue weighted by Gasteiger charge is -2.34. The van der Waals surface area contributed by atoms with Gasteiger partial charge in [-0.05, 0) is 19.3 Å². The fourth-order valence-electron chi connectivity index (χ4n) is 2.06. The van der Waals surface area contributed by atoms with Gasteiger partial charge in [0.2, 0.25) is 0 Å². The molecule has 0 aromatic rings. The predicted octanol–water partition coefficient (Wildman–Crippen LogP) is 3.83. The summed E-state index contributed by atoms with van der Waals surface area (Å²) < 4.78 is 1.14. The van der Waals surface area contributed by atoms with Crippen molar-refractivity contribution in [3.05, 3.63) is 0 Å². The standard InChI is InChI=1S/C13H30N/c1-6-8-9-10-12-13(11-7-2)14(3,4)5/h13H,6-12H2,1-5H3/q+1. The van der Waals surface area contributed by atoms with Crippen molar-refractivity contribution in [2.45, 2.75) is 64.8 Å². The molecule has 86 valence electrons. The lowest BCUT2D eigenvalue weighted by molar-refractivity contribution is -0.896. The molecule has 0 aromatic heterocycles. The third-order valence-electron chi connectivity index (χ3n) is 3.11. The molecular weight excluding hydrogens is 170 g/mol. The monoisotopic (exact) mass is 200 g/mol. The summed E-state index contributed by atoms with van der Waals surface area (Å²) in [7, 11) is 7.00. The van der Waals surface area contributed by atoms with E-state index in [1.807, 2.05) is 0 Å². The van der Waals surface area contributed by atoms with E-state index in [9.17, 15) is 0 Å². The molecule has 0 saturated heterocycles. The fourth-order valence-corrected chi connectivity index (χ4v) is 2.06. The van der Waals surface area contributed by atoms with Gasteiger partial charge < -0.3 is 4.48 Å². The third-order valence-corrected chi connectivity index (χ3v) is 3.11. The van der Waals surface area contributed by atoms with Crippen LogP contribution in [0.1, 0.15) is 58.8 Å². The van der Waals surface area contributed by atoms with Crippen LogP contribution in [0.2, 0.25) is 0 Å². The van der Waals surface area contributed by atoms with E-state index in [1.54, 1.807) is 0 Å². The molecule has 1 unspecified atom stereocenters. The van der Waals surface area contributed by atoms with Gasteiger partial charge in [-0.3, -0.25) is 0 Å². The predicted molar refractivity (Wildman–Crippen MR) is 65.5 cm³/mol. The summed E-state index contributed by atoms with van der Waals surface area (Å²) in [5.41, 5.74) is 0. The van der Waals surface area contributed by atoms with Crippen LogP contribution in [0.5, 0.6) is 0 Å². The summed E-state index contributed by atoms with van der Waals surface area (Å²) in [4.78, 5) is 0. The van der Waals surface area contributed by atoms with Crippen LogP contribution in [0.25, 0.3) is 0 Å². The van der Waals surface area contributed by atoms with Crippen LogP contribution in [0.3, 0.4) is 0 Å². The molecule has 14 heavy (non-hydrogen) atoms. The molecule has 0 aliphatic carbocycles. The van der Waals surface area contributed by atoms with E-state index in [2.05, 4.69) is 35.0 Å². The Balaban J connectivity index is 3.74. The lowest BCUT2D eigenvalue weighted by atomic mass is 10.0. The zero-order valence-electron chi connectivity index (χ0n) is 11.0. The Kier molecular flexibility index (Phi) is 7.26. The van der Waals surface area contributed by atoms with Crippen molar-refractivity contribution in [2.24, 2.45) is 0 Å². The van der Waals surface area contributed by atoms with Crippen molar-refractivity contribution in [1.29, 1.82) is 0 Å². The smallest absolute Gasteiger partial charge is 0.0884 e. The number of hydrogen-bond acceptors (Lipinski definition) is 0. The van der Waals surface area contributed by atoms with Crippen LogP contribution < -0.4 is 0 Å². The second-order valence-corrected chi connectivity index (χ2v) is 5.41. The molecular formula is C13H30N+. The van der Waals surface area contributed by atoms with E-state index < -0.39 is 0 Å². The van der Waals surface area contributed by atoms with E-state index in [-0.39, 0.29) is 0 Å². The van der Waals surface area contributed by atoms with Crippen molar-refractivity contribution >= 4 is 0 Å². The molecule has 0 amide bonds. The maximum absolute atomic E-state index is 2.33. The topological polar surface area (TPSA) is 0 Å². The average Bonchev–Trinajstić information content (AvgIpc) is 2.08. The van der Waals surface area contributed by atoms with Gasteiger partial charge >= 0.3 is 0 Å². The molecule has 0 aliphatic rings. The average molecular weight is 200 g/mol. The summed E-state index contributed by atoms with van der Waals surface area (Å²) in [6.45, 7) is 4.58. The minimum Gasteiger partial charge on any atom is -0.328 e. The minimum absolute atomic E-state index is 0.872. The highest BCUT2D eigenvalue weighted by molar-refractivity contribution is 4.57. The Morgan fingerprint density at radius 1 is 0.786 bits per heavy atom. The first-order valence-electron chi connectivity index (χ1n) is 6.33. The molecule has 1 heteroatoms. The Morgan fingerprint density at radius 2 is 1.43 bits per heavy atom. The Bertz CT molecular complexity index is 124.